The quantitative estimate of drug-likeness (QED) is 0.191. The topological polar surface area (TPSA) is 71.1 Å². The van der Waals surface area contributed by atoms with Crippen LogP contribution < -0.4 is 4.74 Å². The van der Waals surface area contributed by atoms with Gasteiger partial charge in [0.25, 0.3) is 0 Å². The molecule has 1 aromatic rings. The first-order valence-electron chi connectivity index (χ1n) is 10.2. The minimum atomic E-state index is -0.692. The fraction of sp³-hybridized carbons (Fsp3) is 0.455. The molecule has 1 atom stereocenters. The van der Waals surface area contributed by atoms with Crippen LogP contribution in [0.3, 0.4) is 0 Å². The summed E-state index contributed by atoms with van der Waals surface area (Å²) in [5.74, 6) is -0.666. The van der Waals surface area contributed by atoms with E-state index in [4.69, 9.17) is 18.9 Å². The van der Waals surface area contributed by atoms with Crippen LogP contribution in [0.4, 0.5) is 0 Å². The largest absolute Gasteiger partial charge is 0.490 e. The van der Waals surface area contributed by atoms with Crippen LogP contribution in [-0.4, -0.2) is 53.6 Å². The highest BCUT2D eigenvalue weighted by atomic mass is 28.2. The molecule has 1 heterocycles. The van der Waals surface area contributed by atoms with Gasteiger partial charge in [-0.25, -0.2) is 9.59 Å². The SMILES string of the molecule is CCOC(=O)C(=Cc1ccc(OCC=C[SiH2]C2CCCCO2)cc1)C(=O)OCC. The van der Waals surface area contributed by atoms with Gasteiger partial charge in [0.1, 0.15) is 17.9 Å². The first kappa shape index (κ1) is 22.9. The molecule has 0 aliphatic carbocycles. The van der Waals surface area contributed by atoms with E-state index in [2.05, 4.69) is 11.8 Å². The summed E-state index contributed by atoms with van der Waals surface area (Å²) in [5, 5.41) is 0. The van der Waals surface area contributed by atoms with Crippen LogP contribution in [-0.2, 0) is 23.8 Å². The van der Waals surface area contributed by atoms with Gasteiger partial charge in [-0.2, -0.15) is 0 Å². The zero-order valence-electron chi connectivity index (χ0n) is 17.2. The lowest BCUT2D eigenvalue weighted by atomic mass is 10.1. The van der Waals surface area contributed by atoms with Gasteiger partial charge in [-0.3, -0.25) is 0 Å². The highest BCUT2D eigenvalue weighted by molar-refractivity contribution is 6.43. The Morgan fingerprint density at radius 2 is 1.79 bits per heavy atom. The van der Waals surface area contributed by atoms with Crippen LogP contribution in [0.1, 0.15) is 38.7 Å². The molecule has 1 aliphatic rings. The average molecular weight is 419 g/mol. The molecule has 0 spiro atoms. The third-order valence-electron chi connectivity index (χ3n) is 4.37. The van der Waals surface area contributed by atoms with Crippen LogP contribution in [0.15, 0.2) is 41.6 Å². The summed E-state index contributed by atoms with van der Waals surface area (Å²) in [7, 11) is -0.357. The maximum Gasteiger partial charge on any atom is 0.345 e. The van der Waals surface area contributed by atoms with Crippen molar-refractivity contribution in [1.82, 2.24) is 0 Å². The predicted octanol–water partition coefficient (Wildman–Crippen LogP) is 2.78. The first-order valence-corrected chi connectivity index (χ1v) is 11.8. The second-order valence-electron chi connectivity index (χ2n) is 6.57. The Bertz CT molecular complexity index is 685. The Balaban J connectivity index is 1.89. The van der Waals surface area contributed by atoms with Gasteiger partial charge in [0.2, 0.25) is 0 Å². The third kappa shape index (κ3) is 8.25. The first-order chi connectivity index (χ1) is 14.1. The van der Waals surface area contributed by atoms with Crippen LogP contribution in [0.2, 0.25) is 0 Å². The Kier molecular flexibility index (Phi) is 10.2. The van der Waals surface area contributed by atoms with E-state index in [1.165, 1.54) is 25.3 Å². The van der Waals surface area contributed by atoms with E-state index in [-0.39, 0.29) is 28.3 Å². The molecule has 7 heteroatoms. The molecule has 1 saturated heterocycles. The van der Waals surface area contributed by atoms with E-state index in [1.807, 2.05) is 0 Å². The normalized spacial score (nSPS) is 16.7. The van der Waals surface area contributed by atoms with Gasteiger partial charge in [-0.15, -0.1) is 0 Å². The van der Waals surface area contributed by atoms with E-state index in [0.717, 1.165) is 12.4 Å². The highest BCUT2D eigenvalue weighted by Crippen LogP contribution is 2.16. The van der Waals surface area contributed by atoms with E-state index in [1.54, 1.807) is 38.1 Å². The minimum absolute atomic E-state index is 0.125. The minimum Gasteiger partial charge on any atom is -0.490 e. The molecule has 0 N–H and O–H groups in total. The highest BCUT2D eigenvalue weighted by Gasteiger charge is 2.20. The molecule has 1 aromatic carbocycles. The lowest BCUT2D eigenvalue weighted by Gasteiger charge is -2.20. The van der Waals surface area contributed by atoms with Gasteiger partial charge in [0.05, 0.1) is 22.7 Å². The molecular weight excluding hydrogens is 388 g/mol. The zero-order chi connectivity index (χ0) is 20.9. The van der Waals surface area contributed by atoms with E-state index in [0.29, 0.717) is 17.9 Å². The molecule has 29 heavy (non-hydrogen) atoms. The van der Waals surface area contributed by atoms with Crippen molar-refractivity contribution in [2.75, 3.05) is 26.4 Å². The van der Waals surface area contributed by atoms with Crippen molar-refractivity contribution in [3.8, 4) is 5.75 Å². The maximum atomic E-state index is 12.0. The lowest BCUT2D eigenvalue weighted by Crippen LogP contribution is -2.24. The summed E-state index contributed by atoms with van der Waals surface area (Å²) >= 11 is 0. The van der Waals surface area contributed by atoms with Crippen molar-refractivity contribution >= 4 is 27.5 Å². The van der Waals surface area contributed by atoms with Crippen molar-refractivity contribution in [2.45, 2.75) is 38.8 Å². The standard InChI is InChI=1S/C22H30O6Si/c1-3-25-21(23)19(22(24)26-4-2)16-17-9-11-18(12-10-17)27-14-7-15-29-20-8-5-6-13-28-20/h7,9-12,15-16,20H,3-6,8,13-14,29H2,1-2H3. The molecule has 1 unspecified atom stereocenters. The fourth-order valence-corrected chi connectivity index (χ4v) is 4.36. The van der Waals surface area contributed by atoms with E-state index in [9.17, 15) is 9.59 Å². The van der Waals surface area contributed by atoms with Crippen LogP contribution in [0, 0.1) is 0 Å². The zero-order valence-corrected chi connectivity index (χ0v) is 18.6. The summed E-state index contributed by atoms with van der Waals surface area (Å²) in [6, 6.07) is 7.16. The number of carbonyl (C=O) groups excluding carboxylic acids is 2. The summed E-state index contributed by atoms with van der Waals surface area (Å²) in [6.45, 7) is 5.15. The van der Waals surface area contributed by atoms with E-state index < -0.39 is 11.9 Å². The monoisotopic (exact) mass is 418 g/mol. The number of rotatable bonds is 10. The Morgan fingerprint density at radius 3 is 2.38 bits per heavy atom. The van der Waals surface area contributed by atoms with E-state index >= 15 is 0 Å². The summed E-state index contributed by atoms with van der Waals surface area (Å²) in [6.07, 6.45) is 7.17. The smallest absolute Gasteiger partial charge is 0.345 e. The fourth-order valence-electron chi connectivity index (χ4n) is 2.90. The van der Waals surface area contributed by atoms with Crippen LogP contribution >= 0.6 is 0 Å². The van der Waals surface area contributed by atoms with Crippen molar-refractivity contribution in [3.05, 3.63) is 47.2 Å². The van der Waals surface area contributed by atoms with Gasteiger partial charge >= 0.3 is 11.9 Å². The lowest BCUT2D eigenvalue weighted by molar-refractivity contribution is -0.146. The summed E-state index contributed by atoms with van der Waals surface area (Å²) < 4.78 is 21.4. The summed E-state index contributed by atoms with van der Waals surface area (Å²) in [5.41, 5.74) is 3.27. The van der Waals surface area contributed by atoms with Gasteiger partial charge in [-0.1, -0.05) is 23.9 Å². The molecule has 0 aromatic heterocycles. The van der Waals surface area contributed by atoms with Gasteiger partial charge in [0.15, 0.2) is 0 Å². The van der Waals surface area contributed by atoms with Crippen molar-refractivity contribution in [2.24, 2.45) is 0 Å². The Labute approximate surface area is 174 Å². The molecule has 1 aliphatic heterocycles. The molecule has 0 amide bonds. The second-order valence-corrected chi connectivity index (χ2v) is 8.43. The molecular formula is C22H30O6Si. The molecule has 0 saturated carbocycles. The maximum absolute atomic E-state index is 12.0. The molecule has 0 radical (unpaired) electrons. The predicted molar refractivity (Wildman–Crippen MR) is 114 cm³/mol. The number of benzene rings is 1. The van der Waals surface area contributed by atoms with Crippen LogP contribution in [0.25, 0.3) is 6.08 Å². The molecule has 0 bridgehead atoms. The molecule has 158 valence electrons. The van der Waals surface area contributed by atoms with Crippen LogP contribution in [0.5, 0.6) is 5.75 Å². The van der Waals surface area contributed by atoms with Gasteiger partial charge in [-0.05, 0) is 56.9 Å². The number of hydrogen-bond acceptors (Lipinski definition) is 6. The van der Waals surface area contributed by atoms with Crippen molar-refractivity contribution in [3.63, 3.8) is 0 Å². The van der Waals surface area contributed by atoms with Crippen molar-refractivity contribution in [1.29, 1.82) is 0 Å². The van der Waals surface area contributed by atoms with Gasteiger partial charge < -0.3 is 18.9 Å². The number of esters is 2. The Hall–Kier alpha value is -2.38. The average Bonchev–Trinajstić information content (AvgIpc) is 2.73. The Morgan fingerprint density at radius 1 is 1.10 bits per heavy atom. The molecule has 1 fully saturated rings. The molecule has 6 nitrogen and oxygen atoms in total. The second kappa shape index (κ2) is 13.0. The van der Waals surface area contributed by atoms with Crippen molar-refractivity contribution < 1.29 is 28.5 Å². The number of ether oxygens (including phenoxy) is 4. The third-order valence-corrected chi connectivity index (χ3v) is 6.14. The number of carbonyl (C=O) groups is 2. The number of hydrogen-bond donors (Lipinski definition) is 0. The van der Waals surface area contributed by atoms with Gasteiger partial charge in [0, 0.05) is 12.3 Å². The molecule has 2 rings (SSSR count). The summed E-state index contributed by atoms with van der Waals surface area (Å²) in [4.78, 5) is 24.0.